The molecule has 0 saturated carbocycles. The number of hydrogen-bond acceptors (Lipinski definition) is 2. The summed E-state index contributed by atoms with van der Waals surface area (Å²) in [4.78, 5) is 12.7. The monoisotopic (exact) mass is 471 g/mol. The van der Waals surface area contributed by atoms with E-state index in [1.807, 2.05) is 36.4 Å². The van der Waals surface area contributed by atoms with Gasteiger partial charge in [-0.25, -0.2) is 0 Å². The van der Waals surface area contributed by atoms with E-state index in [9.17, 15) is 4.79 Å². The average molecular weight is 472 g/mol. The van der Waals surface area contributed by atoms with Crippen LogP contribution in [0.15, 0.2) is 129 Å². The first kappa shape index (κ1) is 18.5. The fourth-order valence-corrected chi connectivity index (χ4v) is 13.4. The molecule has 0 radical (unpaired) electrons. The van der Waals surface area contributed by atoms with Crippen LogP contribution in [0.2, 0.25) is 0 Å². The number of rotatable bonds is 4. The molecule has 0 saturated heterocycles. The summed E-state index contributed by atoms with van der Waals surface area (Å²) in [5, 5.41) is 0. The Morgan fingerprint density at radius 2 is 0.821 bits per heavy atom. The van der Waals surface area contributed by atoms with E-state index in [4.69, 9.17) is 3.09 Å². The molecule has 28 heavy (non-hydrogen) atoms. The van der Waals surface area contributed by atoms with Gasteiger partial charge in [-0.2, -0.15) is 0 Å². The van der Waals surface area contributed by atoms with Gasteiger partial charge in [0.05, 0.1) is 0 Å². The van der Waals surface area contributed by atoms with E-state index in [-0.39, 0.29) is 5.43 Å². The molecule has 0 aliphatic heterocycles. The van der Waals surface area contributed by atoms with Gasteiger partial charge < -0.3 is 0 Å². The second kappa shape index (κ2) is 8.46. The van der Waals surface area contributed by atoms with Crippen molar-refractivity contribution in [1.82, 2.24) is 0 Å². The van der Waals surface area contributed by atoms with Gasteiger partial charge in [-0.15, -0.1) is 0 Å². The molecule has 0 aliphatic carbocycles. The van der Waals surface area contributed by atoms with Gasteiger partial charge in [0.1, 0.15) is 0 Å². The van der Waals surface area contributed by atoms with Crippen LogP contribution in [0, 0.1) is 0 Å². The Bertz CT molecular complexity index is 1070. The maximum absolute atomic E-state index is 12.7. The molecule has 0 unspecified atom stereocenters. The summed E-state index contributed by atoms with van der Waals surface area (Å²) in [6.07, 6.45) is 0. The van der Waals surface area contributed by atoms with E-state index in [1.54, 1.807) is 12.1 Å². The third-order valence-corrected chi connectivity index (χ3v) is 15.0. The predicted molar refractivity (Wildman–Crippen MR) is 119 cm³/mol. The van der Waals surface area contributed by atoms with Crippen molar-refractivity contribution in [1.29, 1.82) is 0 Å². The van der Waals surface area contributed by atoms with Gasteiger partial charge in [-0.3, -0.25) is 0 Å². The molecule has 136 valence electrons. The molecule has 0 spiro atoms. The molecule has 0 aromatic heterocycles. The van der Waals surface area contributed by atoms with Gasteiger partial charge in [0.2, 0.25) is 0 Å². The molecule has 0 aliphatic rings. The second-order valence-electron chi connectivity index (χ2n) is 6.40. The van der Waals surface area contributed by atoms with Crippen LogP contribution in [0.5, 0.6) is 0 Å². The molecule has 0 fully saturated rings. The number of nitrogens with zero attached hydrogens (tertiary/aromatic N) is 1. The zero-order valence-corrected chi connectivity index (χ0v) is 17.9. The van der Waals surface area contributed by atoms with E-state index >= 15 is 0 Å². The molecule has 0 amide bonds. The fraction of sp³-hybridized carbons (Fsp3) is 0. The number of benzene rings is 3. The van der Waals surface area contributed by atoms with E-state index < -0.39 is 18.6 Å². The summed E-state index contributed by atoms with van der Waals surface area (Å²) in [5.74, 6) is 0. The van der Waals surface area contributed by atoms with Crippen molar-refractivity contribution in [3.63, 3.8) is 0 Å². The normalized spacial score (nSPS) is 11.0. The summed E-state index contributed by atoms with van der Waals surface area (Å²) in [7, 11) is 0. The third kappa shape index (κ3) is 3.61. The van der Waals surface area contributed by atoms with Crippen molar-refractivity contribution in [2.24, 2.45) is 3.09 Å². The molecule has 2 nitrogen and oxygen atoms in total. The average Bonchev–Trinajstić information content (AvgIpc) is 2.98. The Labute approximate surface area is 169 Å². The van der Waals surface area contributed by atoms with Crippen molar-refractivity contribution >= 4 is 34.9 Å². The molecular weight excluding hydrogens is 452 g/mol. The van der Waals surface area contributed by atoms with Crippen molar-refractivity contribution < 1.29 is 0 Å². The van der Waals surface area contributed by atoms with Gasteiger partial charge in [0.25, 0.3) is 0 Å². The maximum atomic E-state index is 12.7. The molecule has 0 bridgehead atoms. The standard InChI is InChI=1S/C7H5NO.3C6H5.Sb/c8-6-4-2-1-3-5-7(6)9;3*1-2-4-6-5-3-1;/h1-5H;3*1-5H;. The van der Waals surface area contributed by atoms with Crippen LogP contribution in [0.25, 0.3) is 0 Å². The van der Waals surface area contributed by atoms with Crippen molar-refractivity contribution in [2.45, 2.75) is 0 Å². The van der Waals surface area contributed by atoms with Crippen LogP contribution in [0.4, 0.5) is 5.69 Å². The van der Waals surface area contributed by atoms with Gasteiger partial charge in [0.15, 0.2) is 0 Å². The zero-order valence-electron chi connectivity index (χ0n) is 15.3. The third-order valence-electron chi connectivity index (χ3n) is 4.62. The molecular formula is C25H20NOSb. The van der Waals surface area contributed by atoms with E-state index in [0.717, 1.165) is 0 Å². The van der Waals surface area contributed by atoms with Gasteiger partial charge in [0, 0.05) is 0 Å². The summed E-state index contributed by atoms with van der Waals surface area (Å²) in [6, 6.07) is 40.3. The fourth-order valence-electron chi connectivity index (χ4n) is 3.32. The molecule has 0 atom stereocenters. The first-order chi connectivity index (χ1) is 13.8. The van der Waals surface area contributed by atoms with Crippen LogP contribution in [0.3, 0.4) is 0 Å². The quantitative estimate of drug-likeness (QED) is 0.418. The van der Waals surface area contributed by atoms with Crippen LogP contribution in [0.1, 0.15) is 0 Å². The summed E-state index contributed by atoms with van der Waals surface area (Å²) < 4.78 is 8.96. The SMILES string of the molecule is O=c1cccccc1[N]=[Sb]([c]1ccccc1)([c]1ccccc1)[c]1ccccc1. The Balaban J connectivity index is 2.19. The van der Waals surface area contributed by atoms with Gasteiger partial charge in [-0.1, -0.05) is 0 Å². The minimum atomic E-state index is -3.68. The van der Waals surface area contributed by atoms with Crippen molar-refractivity contribution in [3.8, 4) is 0 Å². The first-order valence-corrected chi connectivity index (χ1v) is 14.2. The predicted octanol–water partition coefficient (Wildman–Crippen LogP) is 3.61. The number of hydrogen-bond donors (Lipinski definition) is 0. The van der Waals surface area contributed by atoms with Crippen molar-refractivity contribution in [3.05, 3.63) is 132 Å². The van der Waals surface area contributed by atoms with Crippen LogP contribution >= 0.6 is 0 Å². The summed E-state index contributed by atoms with van der Waals surface area (Å²) in [5.41, 5.74) is 0.471. The van der Waals surface area contributed by atoms with E-state index in [2.05, 4.69) is 72.8 Å². The summed E-state index contributed by atoms with van der Waals surface area (Å²) >= 11 is -3.68. The van der Waals surface area contributed by atoms with E-state index in [0.29, 0.717) is 5.69 Å². The molecule has 4 aromatic carbocycles. The Morgan fingerprint density at radius 1 is 0.464 bits per heavy atom. The molecule has 3 heteroatoms. The zero-order chi connectivity index (χ0) is 19.2. The summed E-state index contributed by atoms with van der Waals surface area (Å²) in [6.45, 7) is 0. The Kier molecular flexibility index (Phi) is 5.60. The Morgan fingerprint density at radius 3 is 1.25 bits per heavy atom. The van der Waals surface area contributed by atoms with Crippen LogP contribution < -0.4 is 16.0 Å². The van der Waals surface area contributed by atoms with Crippen LogP contribution in [-0.2, 0) is 0 Å². The molecule has 0 heterocycles. The van der Waals surface area contributed by atoms with Crippen molar-refractivity contribution in [2.75, 3.05) is 0 Å². The van der Waals surface area contributed by atoms with Gasteiger partial charge in [-0.05, 0) is 0 Å². The Hall–Kier alpha value is -2.83. The topological polar surface area (TPSA) is 29.4 Å². The molecule has 4 rings (SSSR count). The van der Waals surface area contributed by atoms with Gasteiger partial charge >= 0.3 is 169 Å². The second-order valence-corrected chi connectivity index (χ2v) is 15.0. The molecule has 4 aromatic rings. The minimum absolute atomic E-state index is 0.0498. The first-order valence-electron chi connectivity index (χ1n) is 9.19. The van der Waals surface area contributed by atoms with E-state index in [1.165, 1.54) is 10.5 Å². The molecule has 0 N–H and O–H groups in total. The van der Waals surface area contributed by atoms with Crippen LogP contribution in [-0.4, -0.2) is 18.6 Å².